The average molecular weight is 401 g/mol. The summed E-state index contributed by atoms with van der Waals surface area (Å²) in [5.41, 5.74) is 1.35. The Morgan fingerprint density at radius 1 is 1.11 bits per heavy atom. The van der Waals surface area contributed by atoms with Crippen molar-refractivity contribution in [3.8, 4) is 0 Å². The van der Waals surface area contributed by atoms with E-state index in [0.29, 0.717) is 16.0 Å². The van der Waals surface area contributed by atoms with E-state index in [2.05, 4.69) is 10.6 Å². The molecule has 0 bridgehead atoms. The number of rotatable bonds is 5. The number of nitrogens with one attached hydrogen (secondary N) is 2. The summed E-state index contributed by atoms with van der Waals surface area (Å²) in [4.78, 5) is 36.1. The van der Waals surface area contributed by atoms with Gasteiger partial charge in [-0.1, -0.05) is 41.9 Å². The van der Waals surface area contributed by atoms with E-state index < -0.39 is 24.0 Å². The second-order valence-corrected chi connectivity index (χ2v) is 6.43. The zero-order chi connectivity index (χ0) is 20.1. The van der Waals surface area contributed by atoms with Crippen molar-refractivity contribution < 1.29 is 23.5 Å². The summed E-state index contributed by atoms with van der Waals surface area (Å²) in [6.45, 7) is 1.62. The smallest absolute Gasteiger partial charge is 0.375 e. The van der Waals surface area contributed by atoms with Crippen LogP contribution in [0.5, 0.6) is 0 Å². The van der Waals surface area contributed by atoms with Crippen molar-refractivity contribution in [2.24, 2.45) is 0 Å². The van der Waals surface area contributed by atoms with Crippen LogP contribution in [0.4, 0.5) is 4.79 Å². The van der Waals surface area contributed by atoms with Gasteiger partial charge in [-0.3, -0.25) is 10.1 Å². The Bertz CT molecular complexity index is 1020. The predicted octanol–water partition coefficient (Wildman–Crippen LogP) is 3.66. The van der Waals surface area contributed by atoms with Crippen LogP contribution in [0.2, 0.25) is 5.02 Å². The Hall–Kier alpha value is -3.32. The lowest BCUT2D eigenvalue weighted by atomic mass is 10.2. The zero-order valence-electron chi connectivity index (χ0n) is 14.9. The van der Waals surface area contributed by atoms with Crippen LogP contribution < -0.4 is 10.6 Å². The van der Waals surface area contributed by atoms with Crippen LogP contribution in [-0.4, -0.2) is 24.0 Å². The molecule has 0 fully saturated rings. The van der Waals surface area contributed by atoms with Crippen molar-refractivity contribution in [3.63, 3.8) is 0 Å². The number of urea groups is 1. The van der Waals surface area contributed by atoms with E-state index >= 15 is 0 Å². The molecule has 3 aromatic rings. The molecule has 0 radical (unpaired) electrons. The highest BCUT2D eigenvalue weighted by molar-refractivity contribution is 6.31. The normalized spacial score (nSPS) is 11.6. The minimum Gasteiger partial charge on any atom is -0.449 e. The lowest BCUT2D eigenvalue weighted by molar-refractivity contribution is -0.128. The number of halogens is 1. The molecule has 7 nitrogen and oxygen atoms in total. The number of fused-ring (bicyclic) bond motifs is 1. The Balaban J connectivity index is 1.52. The molecule has 3 amide bonds. The van der Waals surface area contributed by atoms with Crippen molar-refractivity contribution >= 4 is 40.5 Å². The number of imide groups is 1. The molecule has 2 aromatic carbocycles. The maximum absolute atomic E-state index is 12.2. The Kier molecular flexibility index (Phi) is 5.96. The molecule has 0 saturated heterocycles. The summed E-state index contributed by atoms with van der Waals surface area (Å²) in [7, 11) is 0. The van der Waals surface area contributed by atoms with Crippen LogP contribution in [0.15, 0.2) is 59.0 Å². The minimum absolute atomic E-state index is 0.0644. The Morgan fingerprint density at radius 3 is 2.61 bits per heavy atom. The number of ether oxygens (including phenoxy) is 1. The van der Waals surface area contributed by atoms with Gasteiger partial charge in [0.1, 0.15) is 5.58 Å². The van der Waals surface area contributed by atoms with Gasteiger partial charge in [0.25, 0.3) is 5.91 Å². The number of carbonyl (C=O) groups excluding carboxylic acids is 3. The summed E-state index contributed by atoms with van der Waals surface area (Å²) in [5, 5.41) is 5.82. The van der Waals surface area contributed by atoms with E-state index in [1.54, 1.807) is 18.2 Å². The minimum atomic E-state index is -1.19. The third-order valence-corrected chi connectivity index (χ3v) is 4.10. The monoisotopic (exact) mass is 400 g/mol. The largest absolute Gasteiger partial charge is 0.449 e. The van der Waals surface area contributed by atoms with E-state index in [9.17, 15) is 14.4 Å². The van der Waals surface area contributed by atoms with E-state index in [4.69, 9.17) is 20.8 Å². The first-order valence-electron chi connectivity index (χ1n) is 8.45. The molecule has 0 unspecified atom stereocenters. The molecule has 0 saturated carbocycles. The number of carbonyl (C=O) groups is 3. The molecule has 0 spiro atoms. The van der Waals surface area contributed by atoms with Gasteiger partial charge in [0.2, 0.25) is 5.76 Å². The number of esters is 1. The SMILES string of the molecule is C[C@H](OC(=O)c1cc2cc(Cl)ccc2o1)C(=O)NC(=O)NCc1ccccc1. The van der Waals surface area contributed by atoms with Crippen LogP contribution >= 0.6 is 11.6 Å². The van der Waals surface area contributed by atoms with Gasteiger partial charge in [-0.05, 0) is 36.8 Å². The van der Waals surface area contributed by atoms with Crippen molar-refractivity contribution in [1.29, 1.82) is 0 Å². The zero-order valence-corrected chi connectivity index (χ0v) is 15.7. The highest BCUT2D eigenvalue weighted by Crippen LogP contribution is 2.23. The van der Waals surface area contributed by atoms with Crippen molar-refractivity contribution in [2.75, 3.05) is 0 Å². The predicted molar refractivity (Wildman–Crippen MR) is 103 cm³/mol. The first-order valence-corrected chi connectivity index (χ1v) is 8.83. The van der Waals surface area contributed by atoms with Crippen LogP contribution in [0.1, 0.15) is 23.0 Å². The van der Waals surface area contributed by atoms with Gasteiger partial charge < -0.3 is 14.5 Å². The molecule has 0 aliphatic heterocycles. The molecule has 0 aliphatic carbocycles. The van der Waals surface area contributed by atoms with Gasteiger partial charge in [-0.15, -0.1) is 0 Å². The quantitative estimate of drug-likeness (QED) is 0.637. The highest BCUT2D eigenvalue weighted by atomic mass is 35.5. The Labute approximate surface area is 165 Å². The summed E-state index contributed by atoms with van der Waals surface area (Å²) in [5.74, 6) is -1.64. The fourth-order valence-corrected chi connectivity index (χ4v) is 2.60. The van der Waals surface area contributed by atoms with Gasteiger partial charge in [0.05, 0.1) is 0 Å². The molecular weight excluding hydrogens is 384 g/mol. The van der Waals surface area contributed by atoms with Gasteiger partial charge in [0, 0.05) is 17.0 Å². The molecule has 3 rings (SSSR count). The molecule has 0 aliphatic rings. The maximum Gasteiger partial charge on any atom is 0.375 e. The summed E-state index contributed by atoms with van der Waals surface area (Å²) < 4.78 is 10.5. The van der Waals surface area contributed by atoms with Crippen molar-refractivity contribution in [1.82, 2.24) is 10.6 Å². The first-order chi connectivity index (χ1) is 13.4. The molecule has 1 atom stereocenters. The van der Waals surface area contributed by atoms with Crippen LogP contribution in [0, 0.1) is 0 Å². The van der Waals surface area contributed by atoms with E-state index in [0.717, 1.165) is 5.56 Å². The standard InChI is InChI=1S/C20H17ClN2O5/c1-12(18(24)23-20(26)22-11-13-5-3-2-4-6-13)27-19(25)17-10-14-9-15(21)7-8-16(14)28-17/h2-10,12H,11H2,1H3,(H2,22,23,24,26)/t12-/m0/s1. The topological polar surface area (TPSA) is 97.6 Å². The first kappa shape index (κ1) is 19.4. The van der Waals surface area contributed by atoms with Gasteiger partial charge in [-0.25, -0.2) is 9.59 Å². The average Bonchev–Trinajstić information content (AvgIpc) is 3.10. The Morgan fingerprint density at radius 2 is 1.86 bits per heavy atom. The lowest BCUT2D eigenvalue weighted by Crippen LogP contribution is -2.44. The summed E-state index contributed by atoms with van der Waals surface area (Å²) in [6.07, 6.45) is -1.19. The van der Waals surface area contributed by atoms with Gasteiger partial charge in [-0.2, -0.15) is 0 Å². The van der Waals surface area contributed by atoms with E-state index in [-0.39, 0.29) is 12.3 Å². The molecule has 2 N–H and O–H groups in total. The number of hydrogen-bond donors (Lipinski definition) is 2. The van der Waals surface area contributed by atoms with Crippen molar-refractivity contribution in [2.45, 2.75) is 19.6 Å². The second kappa shape index (κ2) is 8.58. The number of furan rings is 1. The molecule has 144 valence electrons. The third-order valence-electron chi connectivity index (χ3n) is 3.87. The van der Waals surface area contributed by atoms with E-state index in [1.165, 1.54) is 13.0 Å². The van der Waals surface area contributed by atoms with Gasteiger partial charge in [0.15, 0.2) is 6.10 Å². The molecule has 1 heterocycles. The summed E-state index contributed by atoms with van der Waals surface area (Å²) >= 11 is 5.90. The second-order valence-electron chi connectivity index (χ2n) is 6.00. The third kappa shape index (κ3) is 4.89. The number of hydrogen-bond acceptors (Lipinski definition) is 5. The fourth-order valence-electron chi connectivity index (χ4n) is 2.42. The fraction of sp³-hybridized carbons (Fsp3) is 0.150. The highest BCUT2D eigenvalue weighted by Gasteiger charge is 2.23. The molecule has 8 heteroatoms. The molecule has 28 heavy (non-hydrogen) atoms. The van der Waals surface area contributed by atoms with Crippen LogP contribution in [0.25, 0.3) is 11.0 Å². The maximum atomic E-state index is 12.2. The molecular formula is C20H17ClN2O5. The molecule has 1 aromatic heterocycles. The van der Waals surface area contributed by atoms with E-state index in [1.807, 2.05) is 30.3 Å². The van der Waals surface area contributed by atoms with Crippen LogP contribution in [-0.2, 0) is 16.1 Å². The number of amides is 3. The van der Waals surface area contributed by atoms with Crippen molar-refractivity contribution in [3.05, 3.63) is 70.9 Å². The summed E-state index contributed by atoms with van der Waals surface area (Å²) in [6, 6.07) is 14.9. The lowest BCUT2D eigenvalue weighted by Gasteiger charge is -2.12. The number of benzene rings is 2. The van der Waals surface area contributed by atoms with Crippen LogP contribution in [0.3, 0.4) is 0 Å². The van der Waals surface area contributed by atoms with Gasteiger partial charge >= 0.3 is 12.0 Å².